The number of hydrogen-bond acceptors (Lipinski definition) is 6. The standard InChI is InChI=1S/C20H21FN2O3S/c1-12-4-5-13(2)18(14(12)3)25-10-17(24)11-27-20-23-22-19(26-20)15-6-8-16(21)9-7-15/h4-9,17,24H,10-11H2,1-3H3/t17-/m0/s1. The highest BCUT2D eigenvalue weighted by Crippen LogP contribution is 2.27. The molecule has 0 fully saturated rings. The summed E-state index contributed by atoms with van der Waals surface area (Å²) in [5, 5.41) is 18.4. The van der Waals surface area contributed by atoms with Crippen LogP contribution in [0.5, 0.6) is 5.75 Å². The molecule has 1 N–H and O–H groups in total. The van der Waals surface area contributed by atoms with Gasteiger partial charge in [0.2, 0.25) is 5.89 Å². The van der Waals surface area contributed by atoms with E-state index in [4.69, 9.17) is 9.15 Å². The second-order valence-corrected chi connectivity index (χ2v) is 7.28. The number of hydrogen-bond donors (Lipinski definition) is 1. The molecule has 1 atom stereocenters. The number of aliphatic hydroxyl groups excluding tert-OH is 1. The number of nitrogens with zero attached hydrogens (tertiary/aromatic N) is 2. The predicted octanol–water partition coefficient (Wildman–Crippen LogP) is 4.33. The average molecular weight is 388 g/mol. The lowest BCUT2D eigenvalue weighted by atomic mass is 10.1. The molecule has 3 aromatic rings. The molecule has 0 spiro atoms. The van der Waals surface area contributed by atoms with Crippen LogP contribution in [-0.2, 0) is 0 Å². The van der Waals surface area contributed by atoms with Crippen LogP contribution in [0.4, 0.5) is 4.39 Å². The Balaban J connectivity index is 1.53. The SMILES string of the molecule is Cc1ccc(C)c(OC[C@H](O)CSc2nnc(-c3ccc(F)cc3)o2)c1C. The summed E-state index contributed by atoms with van der Waals surface area (Å²) in [6, 6.07) is 9.89. The lowest BCUT2D eigenvalue weighted by Gasteiger charge is -2.16. The maximum atomic E-state index is 13.0. The lowest BCUT2D eigenvalue weighted by Crippen LogP contribution is -2.20. The molecule has 0 aliphatic rings. The quantitative estimate of drug-likeness (QED) is 0.608. The van der Waals surface area contributed by atoms with Gasteiger partial charge in [-0.2, -0.15) is 0 Å². The van der Waals surface area contributed by atoms with Gasteiger partial charge in [0.15, 0.2) is 0 Å². The highest BCUT2D eigenvalue weighted by Gasteiger charge is 2.14. The number of rotatable bonds is 7. The molecule has 0 unspecified atom stereocenters. The van der Waals surface area contributed by atoms with Crippen molar-refractivity contribution in [1.29, 1.82) is 0 Å². The molecule has 142 valence electrons. The monoisotopic (exact) mass is 388 g/mol. The molecular formula is C20H21FN2O3S. The van der Waals surface area contributed by atoms with E-state index in [0.717, 1.165) is 22.4 Å². The molecule has 0 saturated heterocycles. The summed E-state index contributed by atoms with van der Waals surface area (Å²) in [5.41, 5.74) is 3.91. The van der Waals surface area contributed by atoms with Crippen molar-refractivity contribution in [1.82, 2.24) is 10.2 Å². The summed E-state index contributed by atoms with van der Waals surface area (Å²) in [7, 11) is 0. The van der Waals surface area contributed by atoms with E-state index in [0.29, 0.717) is 22.4 Å². The van der Waals surface area contributed by atoms with Gasteiger partial charge < -0.3 is 14.3 Å². The molecule has 0 saturated carbocycles. The fourth-order valence-corrected chi connectivity index (χ4v) is 3.19. The topological polar surface area (TPSA) is 68.4 Å². The molecule has 1 aromatic heterocycles. The van der Waals surface area contributed by atoms with Gasteiger partial charge in [-0.05, 0) is 61.7 Å². The van der Waals surface area contributed by atoms with Crippen molar-refractivity contribution < 1.29 is 18.7 Å². The maximum absolute atomic E-state index is 13.0. The molecular weight excluding hydrogens is 367 g/mol. The minimum absolute atomic E-state index is 0.178. The summed E-state index contributed by atoms with van der Waals surface area (Å²) in [6.07, 6.45) is -0.685. The first kappa shape index (κ1) is 19.4. The summed E-state index contributed by atoms with van der Waals surface area (Å²) in [5.74, 6) is 1.16. The minimum atomic E-state index is -0.685. The normalized spacial score (nSPS) is 12.2. The average Bonchev–Trinajstić information content (AvgIpc) is 3.13. The third kappa shape index (κ3) is 4.87. The van der Waals surface area contributed by atoms with Crippen molar-refractivity contribution in [3.05, 3.63) is 58.9 Å². The lowest BCUT2D eigenvalue weighted by molar-refractivity contribution is 0.125. The highest BCUT2D eigenvalue weighted by molar-refractivity contribution is 7.99. The van der Waals surface area contributed by atoms with Gasteiger partial charge in [-0.1, -0.05) is 23.9 Å². The van der Waals surface area contributed by atoms with Gasteiger partial charge in [0.05, 0.1) is 6.10 Å². The van der Waals surface area contributed by atoms with Gasteiger partial charge in [0.25, 0.3) is 5.22 Å². The number of aromatic nitrogens is 2. The fourth-order valence-electron chi connectivity index (χ4n) is 2.52. The van der Waals surface area contributed by atoms with Crippen LogP contribution in [0, 0.1) is 26.6 Å². The van der Waals surface area contributed by atoms with Crippen molar-refractivity contribution in [2.75, 3.05) is 12.4 Å². The van der Waals surface area contributed by atoms with Crippen LogP contribution >= 0.6 is 11.8 Å². The fraction of sp³-hybridized carbons (Fsp3) is 0.300. The van der Waals surface area contributed by atoms with Crippen molar-refractivity contribution in [3.8, 4) is 17.2 Å². The molecule has 1 heterocycles. The second kappa shape index (κ2) is 8.54. The summed E-state index contributed by atoms with van der Waals surface area (Å²) in [4.78, 5) is 0. The molecule has 0 amide bonds. The second-order valence-electron chi connectivity index (χ2n) is 6.31. The Kier molecular flexibility index (Phi) is 6.13. The van der Waals surface area contributed by atoms with Crippen LogP contribution in [0.25, 0.3) is 11.5 Å². The highest BCUT2D eigenvalue weighted by atomic mass is 32.2. The first-order valence-electron chi connectivity index (χ1n) is 8.54. The van der Waals surface area contributed by atoms with E-state index in [9.17, 15) is 9.50 Å². The number of halogens is 1. The van der Waals surface area contributed by atoms with Crippen LogP contribution in [0.15, 0.2) is 46.0 Å². The van der Waals surface area contributed by atoms with Gasteiger partial charge in [-0.25, -0.2) is 4.39 Å². The van der Waals surface area contributed by atoms with E-state index in [-0.39, 0.29) is 12.4 Å². The predicted molar refractivity (Wildman–Crippen MR) is 103 cm³/mol. The Morgan fingerprint density at radius 1 is 1.07 bits per heavy atom. The van der Waals surface area contributed by atoms with Gasteiger partial charge in [0.1, 0.15) is 18.2 Å². The van der Waals surface area contributed by atoms with Crippen molar-refractivity contribution >= 4 is 11.8 Å². The smallest absolute Gasteiger partial charge is 0.276 e. The number of ether oxygens (including phenoxy) is 1. The molecule has 3 rings (SSSR count). The summed E-state index contributed by atoms with van der Waals surface area (Å²) < 4.78 is 24.3. The van der Waals surface area contributed by atoms with E-state index in [1.807, 2.05) is 26.8 Å². The van der Waals surface area contributed by atoms with Crippen LogP contribution in [0.2, 0.25) is 0 Å². The van der Waals surface area contributed by atoms with Crippen molar-refractivity contribution in [3.63, 3.8) is 0 Å². The van der Waals surface area contributed by atoms with E-state index in [1.54, 1.807) is 12.1 Å². The molecule has 27 heavy (non-hydrogen) atoms. The molecule has 0 aliphatic carbocycles. The summed E-state index contributed by atoms with van der Waals surface area (Å²) in [6.45, 7) is 6.20. The van der Waals surface area contributed by atoms with Crippen LogP contribution in [0.3, 0.4) is 0 Å². The zero-order valence-electron chi connectivity index (χ0n) is 15.4. The van der Waals surface area contributed by atoms with Crippen LogP contribution < -0.4 is 4.74 Å². The number of aryl methyl sites for hydroxylation is 2. The summed E-state index contributed by atoms with van der Waals surface area (Å²) >= 11 is 1.25. The number of aliphatic hydroxyl groups is 1. The van der Waals surface area contributed by atoms with Crippen molar-refractivity contribution in [2.45, 2.75) is 32.1 Å². The van der Waals surface area contributed by atoms with E-state index in [2.05, 4.69) is 16.3 Å². The van der Waals surface area contributed by atoms with E-state index < -0.39 is 6.10 Å². The third-order valence-corrected chi connectivity index (χ3v) is 5.15. The minimum Gasteiger partial charge on any atom is -0.490 e. The van der Waals surface area contributed by atoms with Gasteiger partial charge >= 0.3 is 0 Å². The Hall–Kier alpha value is -2.38. The zero-order chi connectivity index (χ0) is 19.4. The molecule has 0 aliphatic heterocycles. The van der Waals surface area contributed by atoms with Crippen molar-refractivity contribution in [2.24, 2.45) is 0 Å². The van der Waals surface area contributed by atoms with Gasteiger partial charge in [0, 0.05) is 11.3 Å². The zero-order valence-corrected chi connectivity index (χ0v) is 16.2. The molecule has 5 nitrogen and oxygen atoms in total. The first-order chi connectivity index (χ1) is 12.9. The molecule has 0 bridgehead atoms. The van der Waals surface area contributed by atoms with Crippen LogP contribution in [-0.4, -0.2) is 33.8 Å². The molecule has 7 heteroatoms. The van der Waals surface area contributed by atoms with Gasteiger partial charge in [-0.15, -0.1) is 10.2 Å². The number of benzene rings is 2. The Morgan fingerprint density at radius 3 is 2.52 bits per heavy atom. The maximum Gasteiger partial charge on any atom is 0.276 e. The van der Waals surface area contributed by atoms with Crippen LogP contribution in [0.1, 0.15) is 16.7 Å². The Morgan fingerprint density at radius 2 is 1.78 bits per heavy atom. The van der Waals surface area contributed by atoms with E-state index >= 15 is 0 Å². The van der Waals surface area contributed by atoms with Gasteiger partial charge in [-0.3, -0.25) is 0 Å². The molecule has 2 aromatic carbocycles. The third-order valence-electron chi connectivity index (χ3n) is 4.19. The largest absolute Gasteiger partial charge is 0.490 e. The Bertz CT molecular complexity index is 912. The first-order valence-corrected chi connectivity index (χ1v) is 9.52. The number of thioether (sulfide) groups is 1. The Labute approximate surface area is 161 Å². The van der Waals surface area contributed by atoms with E-state index in [1.165, 1.54) is 23.9 Å². The molecule has 0 radical (unpaired) electrons.